The molecule has 2 aromatic rings. The van der Waals surface area contributed by atoms with Gasteiger partial charge >= 0.3 is 0 Å². The van der Waals surface area contributed by atoms with Crippen LogP contribution >= 0.6 is 0 Å². The third-order valence-corrected chi connectivity index (χ3v) is 3.86. The van der Waals surface area contributed by atoms with Crippen molar-refractivity contribution in [2.75, 3.05) is 10.5 Å². The van der Waals surface area contributed by atoms with Crippen molar-refractivity contribution in [3.8, 4) is 0 Å². The molecule has 0 aliphatic rings. The van der Waals surface area contributed by atoms with Crippen LogP contribution in [0.2, 0.25) is 0 Å². The molecule has 3 N–H and O–H groups in total. The summed E-state index contributed by atoms with van der Waals surface area (Å²) < 4.78 is 26.8. The van der Waals surface area contributed by atoms with Crippen molar-refractivity contribution in [2.24, 2.45) is 0 Å². The van der Waals surface area contributed by atoms with Crippen LogP contribution in [0.4, 0.5) is 11.4 Å². The lowest BCUT2D eigenvalue weighted by Gasteiger charge is -2.11. The van der Waals surface area contributed by atoms with E-state index in [1.807, 2.05) is 6.92 Å². The Morgan fingerprint density at radius 2 is 1.95 bits per heavy atom. The molecule has 19 heavy (non-hydrogen) atoms. The Morgan fingerprint density at radius 1 is 1.21 bits per heavy atom. The summed E-state index contributed by atoms with van der Waals surface area (Å²) in [6, 6.07) is 6.45. The molecule has 2 heterocycles. The maximum atomic E-state index is 12.2. The number of sulfonamides is 1. The largest absolute Gasteiger partial charge is 0.396 e. The number of nitrogen functional groups attached to an aromatic ring is 1. The number of nitrogens with two attached hydrogens (primary N) is 1. The summed E-state index contributed by atoms with van der Waals surface area (Å²) >= 11 is 0. The summed E-state index contributed by atoms with van der Waals surface area (Å²) in [4.78, 5) is 7.99. The molecule has 0 atom stereocenters. The van der Waals surface area contributed by atoms with Gasteiger partial charge in [-0.3, -0.25) is 9.71 Å². The van der Waals surface area contributed by atoms with Crippen LogP contribution in [0.3, 0.4) is 0 Å². The van der Waals surface area contributed by atoms with Crippen molar-refractivity contribution in [3.05, 3.63) is 41.9 Å². The maximum absolute atomic E-state index is 12.2. The van der Waals surface area contributed by atoms with Gasteiger partial charge in [-0.25, -0.2) is 4.98 Å². The summed E-state index contributed by atoms with van der Waals surface area (Å²) in [6.45, 7) is 3.56. The van der Waals surface area contributed by atoms with E-state index in [0.717, 1.165) is 5.69 Å². The molecule has 0 aliphatic heterocycles. The fourth-order valence-electron chi connectivity index (χ4n) is 1.62. The smallest absolute Gasteiger partial charge is 0.281 e. The van der Waals surface area contributed by atoms with E-state index in [2.05, 4.69) is 14.7 Å². The SMILES string of the molecule is Cc1ccc(NS(=O)(=O)c2ncccc2N)c(C)n1. The normalized spacial score (nSPS) is 11.3. The minimum absolute atomic E-state index is 0.104. The van der Waals surface area contributed by atoms with Gasteiger partial charge in [-0.15, -0.1) is 0 Å². The summed E-state index contributed by atoms with van der Waals surface area (Å²) in [5, 5.41) is -0.185. The molecular formula is C12H14N4O2S. The van der Waals surface area contributed by atoms with Gasteiger partial charge in [0, 0.05) is 11.9 Å². The van der Waals surface area contributed by atoms with Crippen LogP contribution in [-0.2, 0) is 10.0 Å². The highest BCUT2D eigenvalue weighted by molar-refractivity contribution is 7.92. The highest BCUT2D eigenvalue weighted by atomic mass is 32.2. The first kappa shape index (κ1) is 13.3. The summed E-state index contributed by atoms with van der Waals surface area (Å²) in [6.07, 6.45) is 1.38. The number of nitrogens with one attached hydrogen (secondary N) is 1. The molecule has 0 amide bonds. The summed E-state index contributed by atoms with van der Waals surface area (Å²) in [5.74, 6) is 0. The number of rotatable bonds is 3. The van der Waals surface area contributed by atoms with Gasteiger partial charge in [0.15, 0.2) is 5.03 Å². The minimum atomic E-state index is -3.81. The van der Waals surface area contributed by atoms with Crippen molar-refractivity contribution < 1.29 is 8.42 Å². The van der Waals surface area contributed by atoms with Gasteiger partial charge in [0.25, 0.3) is 10.0 Å². The number of aromatic nitrogens is 2. The Kier molecular flexibility index (Phi) is 3.39. The molecule has 2 aromatic heterocycles. The standard InChI is InChI=1S/C12H14N4O2S/c1-8-5-6-11(9(2)15-8)16-19(17,18)12-10(13)4-3-7-14-12/h3-7,16H,13H2,1-2H3. The van der Waals surface area contributed by atoms with E-state index in [1.165, 1.54) is 12.3 Å². The lowest BCUT2D eigenvalue weighted by Crippen LogP contribution is -2.17. The topological polar surface area (TPSA) is 98.0 Å². The molecule has 0 aliphatic carbocycles. The molecule has 0 unspecified atom stereocenters. The maximum Gasteiger partial charge on any atom is 0.281 e. The molecule has 6 nitrogen and oxygen atoms in total. The number of hydrogen-bond donors (Lipinski definition) is 2. The lowest BCUT2D eigenvalue weighted by molar-refractivity contribution is 0.598. The van der Waals surface area contributed by atoms with Crippen LogP contribution in [-0.4, -0.2) is 18.4 Å². The van der Waals surface area contributed by atoms with E-state index in [4.69, 9.17) is 5.73 Å². The average molecular weight is 278 g/mol. The first-order valence-corrected chi connectivity index (χ1v) is 7.06. The second-order valence-corrected chi connectivity index (χ2v) is 5.69. The molecular weight excluding hydrogens is 264 g/mol. The molecule has 0 radical (unpaired) electrons. The average Bonchev–Trinajstić information content (AvgIpc) is 2.33. The van der Waals surface area contributed by atoms with Crippen LogP contribution in [0.25, 0.3) is 0 Å². The van der Waals surface area contributed by atoms with Crippen molar-refractivity contribution >= 4 is 21.4 Å². The zero-order chi connectivity index (χ0) is 14.0. The molecule has 0 fully saturated rings. The lowest BCUT2D eigenvalue weighted by atomic mass is 10.3. The third-order valence-electron chi connectivity index (χ3n) is 2.52. The van der Waals surface area contributed by atoms with Crippen LogP contribution in [0.1, 0.15) is 11.4 Å². The van der Waals surface area contributed by atoms with Gasteiger partial charge in [-0.05, 0) is 38.1 Å². The molecule has 0 aromatic carbocycles. The summed E-state index contributed by atoms with van der Waals surface area (Å²) in [7, 11) is -3.81. The van der Waals surface area contributed by atoms with E-state index in [1.54, 1.807) is 25.1 Å². The molecule has 0 spiro atoms. The number of aryl methyl sites for hydroxylation is 2. The third kappa shape index (κ3) is 2.82. The van der Waals surface area contributed by atoms with Gasteiger partial charge in [0.05, 0.1) is 17.1 Å². The second kappa shape index (κ2) is 4.85. The van der Waals surface area contributed by atoms with Crippen LogP contribution in [0.5, 0.6) is 0 Å². The Hall–Kier alpha value is -2.15. The van der Waals surface area contributed by atoms with E-state index in [0.29, 0.717) is 11.4 Å². The fraction of sp³-hybridized carbons (Fsp3) is 0.167. The van der Waals surface area contributed by atoms with Crippen molar-refractivity contribution in [2.45, 2.75) is 18.9 Å². The zero-order valence-electron chi connectivity index (χ0n) is 10.6. The molecule has 0 saturated carbocycles. The number of nitrogens with zero attached hydrogens (tertiary/aromatic N) is 2. The quantitative estimate of drug-likeness (QED) is 0.886. The minimum Gasteiger partial charge on any atom is -0.396 e. The van der Waals surface area contributed by atoms with Gasteiger partial charge in [-0.2, -0.15) is 8.42 Å². The van der Waals surface area contributed by atoms with Crippen LogP contribution in [0, 0.1) is 13.8 Å². The van der Waals surface area contributed by atoms with Gasteiger partial charge in [0.1, 0.15) is 0 Å². The number of hydrogen-bond acceptors (Lipinski definition) is 5. The Morgan fingerprint density at radius 3 is 2.58 bits per heavy atom. The van der Waals surface area contributed by atoms with Crippen molar-refractivity contribution in [1.29, 1.82) is 0 Å². The highest BCUT2D eigenvalue weighted by Gasteiger charge is 2.19. The van der Waals surface area contributed by atoms with Crippen molar-refractivity contribution in [3.63, 3.8) is 0 Å². The zero-order valence-corrected chi connectivity index (χ0v) is 11.4. The summed E-state index contributed by atoms with van der Waals surface area (Å²) in [5.41, 5.74) is 7.56. The van der Waals surface area contributed by atoms with E-state index < -0.39 is 10.0 Å². The Labute approximate surface area is 111 Å². The molecule has 0 saturated heterocycles. The monoisotopic (exact) mass is 278 g/mol. The van der Waals surface area contributed by atoms with Crippen molar-refractivity contribution in [1.82, 2.24) is 9.97 Å². The van der Waals surface area contributed by atoms with E-state index in [-0.39, 0.29) is 10.7 Å². The molecule has 2 rings (SSSR count). The fourth-order valence-corrected chi connectivity index (χ4v) is 2.80. The predicted octanol–water partition coefficient (Wildman–Crippen LogP) is 1.48. The van der Waals surface area contributed by atoms with Gasteiger partial charge in [0.2, 0.25) is 0 Å². The highest BCUT2D eigenvalue weighted by Crippen LogP contribution is 2.20. The Bertz CT molecular complexity index is 713. The number of anilines is 2. The second-order valence-electron chi connectivity index (χ2n) is 4.09. The van der Waals surface area contributed by atoms with Gasteiger partial charge in [-0.1, -0.05) is 0 Å². The molecule has 100 valence electrons. The predicted molar refractivity (Wildman–Crippen MR) is 73.2 cm³/mol. The first-order valence-electron chi connectivity index (χ1n) is 5.58. The molecule has 0 bridgehead atoms. The van der Waals surface area contributed by atoms with Crippen LogP contribution < -0.4 is 10.5 Å². The van der Waals surface area contributed by atoms with Gasteiger partial charge < -0.3 is 5.73 Å². The van der Waals surface area contributed by atoms with Crippen LogP contribution in [0.15, 0.2) is 35.5 Å². The first-order chi connectivity index (χ1) is 8.90. The number of pyridine rings is 2. The van der Waals surface area contributed by atoms with E-state index >= 15 is 0 Å². The Balaban J connectivity index is 2.40. The van der Waals surface area contributed by atoms with E-state index in [9.17, 15) is 8.42 Å². The molecule has 7 heteroatoms.